The van der Waals surface area contributed by atoms with E-state index in [1.165, 1.54) is 14.0 Å². The van der Waals surface area contributed by atoms with Gasteiger partial charge >= 0.3 is 5.97 Å². The molecule has 2 fully saturated rings. The van der Waals surface area contributed by atoms with E-state index < -0.39 is 27.2 Å². The zero-order valence-electron chi connectivity index (χ0n) is 26.5. The standard InChI is InChI=1S/C34H48N2O5/c1-21-24(38)18-26-30(5)19-23(20-35)27(39)33(8,36-22(2)37)25(30)10-11-32(26,7)31(21,6)14-17-34(28(40)41-9)15-12-29(3,4)13-16-34/h18-19,21,25H,10-17H2,1-9H3,(H,36,37)/t21?,25?,30-,31+,32+,33-/m0/s1. The second kappa shape index (κ2) is 9.92. The van der Waals surface area contributed by atoms with Crippen LogP contribution in [0.3, 0.4) is 0 Å². The second-order valence-corrected chi connectivity index (χ2v) is 15.1. The van der Waals surface area contributed by atoms with Gasteiger partial charge in [-0.15, -0.1) is 0 Å². The number of allylic oxidation sites excluding steroid dienone is 3. The number of amides is 1. The van der Waals surface area contributed by atoms with Crippen LogP contribution in [-0.2, 0) is 23.9 Å². The Morgan fingerprint density at radius 3 is 2.17 bits per heavy atom. The number of hydrogen-bond donors (Lipinski definition) is 1. The molecule has 0 aromatic heterocycles. The van der Waals surface area contributed by atoms with E-state index in [0.717, 1.165) is 37.7 Å². The summed E-state index contributed by atoms with van der Waals surface area (Å²) in [6.45, 7) is 16.1. The normalized spacial score (nSPS) is 39.3. The third-order valence-corrected chi connectivity index (χ3v) is 12.5. The van der Waals surface area contributed by atoms with Gasteiger partial charge in [0.15, 0.2) is 11.6 Å². The lowest BCUT2D eigenvalue weighted by Crippen LogP contribution is -2.67. The lowest BCUT2D eigenvalue weighted by molar-refractivity contribution is -0.158. The summed E-state index contributed by atoms with van der Waals surface area (Å²) in [6, 6.07) is 2.08. The summed E-state index contributed by atoms with van der Waals surface area (Å²) in [7, 11) is 1.47. The van der Waals surface area contributed by atoms with E-state index >= 15 is 0 Å². The van der Waals surface area contributed by atoms with Crippen molar-refractivity contribution in [1.82, 2.24) is 5.32 Å². The third-order valence-electron chi connectivity index (χ3n) is 12.5. The molecule has 6 atom stereocenters. The van der Waals surface area contributed by atoms with Gasteiger partial charge in [-0.3, -0.25) is 19.2 Å². The van der Waals surface area contributed by atoms with Gasteiger partial charge in [-0.25, -0.2) is 0 Å². The zero-order valence-corrected chi connectivity index (χ0v) is 26.5. The van der Waals surface area contributed by atoms with Crippen LogP contribution in [-0.4, -0.2) is 36.1 Å². The molecule has 41 heavy (non-hydrogen) atoms. The minimum absolute atomic E-state index is 0.0207. The Hall–Kier alpha value is -2.75. The molecule has 1 N–H and O–H groups in total. The maximum absolute atomic E-state index is 13.8. The van der Waals surface area contributed by atoms with Gasteiger partial charge in [0.05, 0.1) is 18.1 Å². The summed E-state index contributed by atoms with van der Waals surface area (Å²) in [5, 5.41) is 12.9. The quantitative estimate of drug-likeness (QED) is 0.408. The molecule has 0 spiro atoms. The first kappa shape index (κ1) is 31.2. The summed E-state index contributed by atoms with van der Waals surface area (Å²) in [5.74, 6) is -1.40. The van der Waals surface area contributed by atoms with E-state index in [2.05, 4.69) is 39.1 Å². The fraction of sp³-hybridized carbons (Fsp3) is 0.735. The highest BCUT2D eigenvalue weighted by Gasteiger charge is 2.66. The van der Waals surface area contributed by atoms with E-state index in [1.54, 1.807) is 19.1 Å². The maximum atomic E-state index is 13.8. The number of carbonyl (C=O) groups is 4. The number of nitriles is 1. The number of ketones is 2. The topological polar surface area (TPSA) is 113 Å². The SMILES string of the molecule is COC(=O)C1(CC[C@]2(C)C(C)C(=O)C=C3[C@@]4(C)C=C(C#N)C(=O)[C@@](C)(NC(C)=O)C4CC[C@]32C)CCC(C)(C)CC1. The largest absolute Gasteiger partial charge is 0.469 e. The fourth-order valence-electron chi connectivity index (χ4n) is 9.25. The number of ether oxygens (including phenoxy) is 1. The monoisotopic (exact) mass is 564 g/mol. The summed E-state index contributed by atoms with van der Waals surface area (Å²) >= 11 is 0. The van der Waals surface area contributed by atoms with Crippen molar-refractivity contribution in [2.24, 2.45) is 38.9 Å². The van der Waals surface area contributed by atoms with Gasteiger partial charge in [-0.1, -0.05) is 53.2 Å². The van der Waals surface area contributed by atoms with Gasteiger partial charge in [0, 0.05) is 24.2 Å². The Labute approximate surface area is 245 Å². The van der Waals surface area contributed by atoms with Crippen LogP contribution in [0.25, 0.3) is 0 Å². The van der Waals surface area contributed by atoms with E-state index in [-0.39, 0.29) is 46.3 Å². The fourth-order valence-corrected chi connectivity index (χ4v) is 9.25. The van der Waals surface area contributed by atoms with Crippen LogP contribution >= 0.6 is 0 Å². The first-order valence-electron chi connectivity index (χ1n) is 15.2. The van der Waals surface area contributed by atoms with Crippen molar-refractivity contribution in [2.75, 3.05) is 7.11 Å². The van der Waals surface area contributed by atoms with Gasteiger partial charge in [0.1, 0.15) is 11.6 Å². The van der Waals surface area contributed by atoms with E-state index in [1.807, 2.05) is 13.8 Å². The molecule has 4 aliphatic rings. The van der Waals surface area contributed by atoms with Crippen molar-refractivity contribution in [2.45, 2.75) is 112 Å². The first-order valence-corrected chi connectivity index (χ1v) is 15.2. The van der Waals surface area contributed by atoms with Gasteiger partial charge in [0.2, 0.25) is 5.91 Å². The molecule has 7 nitrogen and oxygen atoms in total. The van der Waals surface area contributed by atoms with Crippen LogP contribution in [0, 0.1) is 50.2 Å². The predicted octanol–water partition coefficient (Wildman–Crippen LogP) is 6.03. The van der Waals surface area contributed by atoms with Gasteiger partial charge < -0.3 is 10.1 Å². The number of nitrogens with one attached hydrogen (secondary N) is 1. The molecule has 224 valence electrons. The molecule has 0 heterocycles. The third kappa shape index (κ3) is 4.51. The molecule has 2 saturated carbocycles. The van der Waals surface area contributed by atoms with Crippen LogP contribution in [0.5, 0.6) is 0 Å². The summed E-state index contributed by atoms with van der Waals surface area (Å²) < 4.78 is 5.37. The number of fused-ring (bicyclic) bond motifs is 3. The van der Waals surface area contributed by atoms with Crippen LogP contribution in [0.15, 0.2) is 23.3 Å². The lowest BCUT2D eigenvalue weighted by Gasteiger charge is -2.64. The highest BCUT2D eigenvalue weighted by atomic mass is 16.5. The van der Waals surface area contributed by atoms with Gasteiger partial charge in [0.25, 0.3) is 0 Å². The Kier molecular flexibility index (Phi) is 7.55. The number of carbonyl (C=O) groups excluding carboxylic acids is 4. The molecule has 0 aliphatic heterocycles. The van der Waals surface area contributed by atoms with Crippen molar-refractivity contribution in [1.29, 1.82) is 5.26 Å². The van der Waals surface area contributed by atoms with E-state index in [4.69, 9.17) is 4.74 Å². The minimum atomic E-state index is -1.26. The van der Waals surface area contributed by atoms with Crippen molar-refractivity contribution < 1.29 is 23.9 Å². The summed E-state index contributed by atoms with van der Waals surface area (Å²) in [5.41, 5.74) is -2.36. The number of Topliss-reactive ketones (excluding diaryl/α,β-unsaturated/α-hetero) is 1. The van der Waals surface area contributed by atoms with Crippen LogP contribution in [0.4, 0.5) is 0 Å². The molecular formula is C34H48N2O5. The Bertz CT molecular complexity index is 1280. The Morgan fingerprint density at radius 1 is 1.02 bits per heavy atom. The molecule has 2 unspecified atom stereocenters. The average Bonchev–Trinajstić information content (AvgIpc) is 2.90. The van der Waals surface area contributed by atoms with Crippen molar-refractivity contribution in [3.63, 3.8) is 0 Å². The van der Waals surface area contributed by atoms with Gasteiger partial charge in [-0.05, 0) is 80.6 Å². The van der Waals surface area contributed by atoms with Crippen LogP contribution in [0.2, 0.25) is 0 Å². The predicted molar refractivity (Wildman–Crippen MR) is 156 cm³/mol. The van der Waals surface area contributed by atoms with Crippen molar-refractivity contribution in [3.8, 4) is 6.07 Å². The van der Waals surface area contributed by atoms with Gasteiger partial charge in [-0.2, -0.15) is 5.26 Å². The lowest BCUT2D eigenvalue weighted by atomic mass is 9.39. The van der Waals surface area contributed by atoms with Crippen molar-refractivity contribution in [3.05, 3.63) is 23.3 Å². The zero-order chi connectivity index (χ0) is 30.8. The molecule has 0 bridgehead atoms. The van der Waals surface area contributed by atoms with E-state index in [0.29, 0.717) is 19.3 Å². The summed E-state index contributed by atoms with van der Waals surface area (Å²) in [4.78, 5) is 52.9. The van der Waals surface area contributed by atoms with Crippen molar-refractivity contribution >= 4 is 23.4 Å². The molecule has 4 rings (SSSR count). The minimum Gasteiger partial charge on any atom is -0.469 e. The molecule has 4 aliphatic carbocycles. The highest BCUT2D eigenvalue weighted by molar-refractivity contribution is 6.08. The Morgan fingerprint density at radius 2 is 1.63 bits per heavy atom. The molecule has 0 saturated heterocycles. The average molecular weight is 565 g/mol. The number of esters is 1. The first-order chi connectivity index (χ1) is 18.9. The molecular weight excluding hydrogens is 516 g/mol. The number of nitrogens with zero attached hydrogens (tertiary/aromatic N) is 1. The Balaban J connectivity index is 1.80. The van der Waals surface area contributed by atoms with Crippen LogP contribution < -0.4 is 5.32 Å². The molecule has 0 radical (unpaired) electrons. The second-order valence-electron chi connectivity index (χ2n) is 15.1. The smallest absolute Gasteiger partial charge is 0.311 e. The number of hydrogen-bond acceptors (Lipinski definition) is 6. The highest BCUT2D eigenvalue weighted by Crippen LogP contribution is 2.69. The van der Waals surface area contributed by atoms with E-state index in [9.17, 15) is 24.4 Å². The molecule has 1 amide bonds. The molecule has 7 heteroatoms. The molecule has 0 aromatic rings. The summed E-state index contributed by atoms with van der Waals surface area (Å²) in [6.07, 6.45) is 9.68. The molecule has 0 aromatic carbocycles. The number of rotatable bonds is 5. The maximum Gasteiger partial charge on any atom is 0.311 e. The number of methoxy groups -OCH3 is 1. The van der Waals surface area contributed by atoms with Crippen LogP contribution in [0.1, 0.15) is 107 Å².